The summed E-state index contributed by atoms with van der Waals surface area (Å²) in [6.45, 7) is 3.30. The van der Waals surface area contributed by atoms with Gasteiger partial charge in [-0.25, -0.2) is 18.3 Å². The number of nitrogens with one attached hydrogen (secondary N) is 2. The van der Waals surface area contributed by atoms with Crippen molar-refractivity contribution < 1.29 is 18.7 Å². The van der Waals surface area contributed by atoms with Gasteiger partial charge >= 0.3 is 6.09 Å². The van der Waals surface area contributed by atoms with E-state index < -0.39 is 12.0 Å². The van der Waals surface area contributed by atoms with Gasteiger partial charge < -0.3 is 20.6 Å². The number of fused-ring (bicyclic) bond motifs is 1. The van der Waals surface area contributed by atoms with E-state index in [0.717, 1.165) is 11.5 Å². The predicted molar refractivity (Wildman–Crippen MR) is 109 cm³/mol. The van der Waals surface area contributed by atoms with Crippen LogP contribution in [-0.4, -0.2) is 62.0 Å². The number of amides is 1. The Morgan fingerprint density at radius 1 is 1.23 bits per heavy atom. The number of alkyl halides is 2. The van der Waals surface area contributed by atoms with E-state index in [1.54, 1.807) is 10.9 Å². The average Bonchev–Trinajstić information content (AvgIpc) is 3.08. The molecule has 1 saturated heterocycles. The number of hydrogen-bond donors (Lipinski definition) is 3. The molecule has 0 aromatic carbocycles. The Morgan fingerprint density at radius 3 is 2.55 bits per heavy atom. The van der Waals surface area contributed by atoms with Crippen molar-refractivity contribution in [3.05, 3.63) is 24.0 Å². The molecule has 31 heavy (non-hydrogen) atoms. The Bertz CT molecular complexity index is 976. The summed E-state index contributed by atoms with van der Waals surface area (Å²) >= 11 is 0. The second kappa shape index (κ2) is 7.31. The average molecular weight is 433 g/mol. The summed E-state index contributed by atoms with van der Waals surface area (Å²) in [4.78, 5) is 22.3. The number of anilines is 2. The molecule has 1 amide bonds. The monoisotopic (exact) mass is 433 g/mol. The second-order valence-corrected chi connectivity index (χ2v) is 8.80. The Hall–Kier alpha value is -2.98. The summed E-state index contributed by atoms with van der Waals surface area (Å²) < 4.78 is 28.6. The van der Waals surface area contributed by atoms with E-state index in [1.807, 2.05) is 19.1 Å². The first-order chi connectivity index (χ1) is 14.8. The maximum absolute atomic E-state index is 13.5. The van der Waals surface area contributed by atoms with Gasteiger partial charge in [0.05, 0.1) is 5.69 Å². The first-order valence-electron chi connectivity index (χ1n) is 10.6. The van der Waals surface area contributed by atoms with E-state index >= 15 is 0 Å². The van der Waals surface area contributed by atoms with Gasteiger partial charge in [-0.1, -0.05) is 0 Å². The lowest BCUT2D eigenvalue weighted by Crippen LogP contribution is -2.34. The predicted octanol–water partition coefficient (Wildman–Crippen LogP) is 2.66. The zero-order valence-electron chi connectivity index (χ0n) is 17.1. The Balaban J connectivity index is 1.35. The van der Waals surface area contributed by atoms with Crippen molar-refractivity contribution in [3.63, 3.8) is 0 Å². The first kappa shape index (κ1) is 20.0. The minimum atomic E-state index is -2.58. The first-order valence-corrected chi connectivity index (χ1v) is 10.6. The van der Waals surface area contributed by atoms with Crippen molar-refractivity contribution in [1.82, 2.24) is 25.1 Å². The van der Waals surface area contributed by atoms with Gasteiger partial charge in [0, 0.05) is 62.1 Å². The molecular weight excluding hydrogens is 408 g/mol. The fourth-order valence-corrected chi connectivity index (χ4v) is 4.75. The smallest absolute Gasteiger partial charge is 0.404 e. The minimum absolute atomic E-state index is 0.00493. The number of piperidine rings is 1. The highest BCUT2D eigenvalue weighted by Gasteiger charge is 2.57. The van der Waals surface area contributed by atoms with E-state index in [-0.39, 0.29) is 36.8 Å². The van der Waals surface area contributed by atoms with Gasteiger partial charge in [-0.3, -0.25) is 0 Å². The molecule has 2 aromatic rings. The van der Waals surface area contributed by atoms with E-state index in [2.05, 4.69) is 30.6 Å². The van der Waals surface area contributed by atoms with Gasteiger partial charge in [-0.2, -0.15) is 15.1 Å². The normalized spacial score (nSPS) is 27.1. The molecule has 3 aliphatic rings. The van der Waals surface area contributed by atoms with Crippen LogP contribution in [0.4, 0.5) is 25.2 Å². The number of nitrogens with zero attached hydrogens (tertiary/aromatic N) is 5. The third-order valence-corrected chi connectivity index (χ3v) is 6.51. The van der Waals surface area contributed by atoms with Crippen molar-refractivity contribution >= 4 is 17.7 Å². The van der Waals surface area contributed by atoms with Gasteiger partial charge in [0.2, 0.25) is 5.92 Å². The molecule has 5 rings (SSSR count). The zero-order chi connectivity index (χ0) is 21.8. The molecule has 2 aliphatic carbocycles. The molecule has 11 heteroatoms. The SMILES string of the molecule is Cc1ccn(-c2nc(NC3CCC(F)(F)CC3)cc(N3CC4C(C3)C4NC(=O)O)n2)n1. The molecule has 2 saturated carbocycles. The van der Waals surface area contributed by atoms with Gasteiger partial charge in [-0.05, 0) is 25.8 Å². The number of carbonyl (C=O) groups is 1. The standard InChI is InChI=1S/C20H25F2N7O2/c1-11-4-7-29(27-11)18-24-15(23-12-2-5-20(21,22)6-3-12)8-16(25-18)28-9-13-14(10-28)17(13)26-19(30)31/h4,7-8,12-14,17,26H,2-3,5-6,9-10H2,1H3,(H,30,31)(H,23,24,25). The van der Waals surface area contributed by atoms with Gasteiger partial charge in [0.15, 0.2) is 0 Å². The van der Waals surface area contributed by atoms with Crippen molar-refractivity contribution in [2.75, 3.05) is 23.3 Å². The molecule has 3 heterocycles. The molecule has 3 fully saturated rings. The number of aromatic nitrogens is 4. The molecule has 3 N–H and O–H groups in total. The van der Waals surface area contributed by atoms with Crippen molar-refractivity contribution in [2.45, 2.75) is 50.6 Å². The van der Waals surface area contributed by atoms with Crippen molar-refractivity contribution in [1.29, 1.82) is 0 Å². The van der Waals surface area contributed by atoms with E-state index in [9.17, 15) is 13.6 Å². The van der Waals surface area contributed by atoms with E-state index in [4.69, 9.17) is 5.11 Å². The molecule has 166 valence electrons. The van der Waals surface area contributed by atoms with E-state index in [1.165, 1.54) is 0 Å². The van der Waals surface area contributed by atoms with Crippen LogP contribution in [0, 0.1) is 18.8 Å². The lowest BCUT2D eigenvalue weighted by atomic mass is 9.92. The lowest BCUT2D eigenvalue weighted by Gasteiger charge is -2.29. The Morgan fingerprint density at radius 2 is 1.94 bits per heavy atom. The summed E-state index contributed by atoms with van der Waals surface area (Å²) in [6.07, 6.45) is 1.32. The van der Waals surface area contributed by atoms with Crippen LogP contribution in [0.15, 0.2) is 18.3 Å². The molecule has 1 aliphatic heterocycles. The molecule has 2 atom stereocenters. The van der Waals surface area contributed by atoms with Crippen molar-refractivity contribution in [2.24, 2.45) is 11.8 Å². The fraction of sp³-hybridized carbons (Fsp3) is 0.600. The minimum Gasteiger partial charge on any atom is -0.465 e. The van der Waals surface area contributed by atoms with Gasteiger partial charge in [0.25, 0.3) is 5.95 Å². The maximum Gasteiger partial charge on any atom is 0.404 e. The molecular formula is C20H25F2N7O2. The highest BCUT2D eigenvalue weighted by Crippen LogP contribution is 2.46. The molecule has 2 aromatic heterocycles. The van der Waals surface area contributed by atoms with Gasteiger partial charge in [0.1, 0.15) is 11.6 Å². The molecule has 0 spiro atoms. The maximum atomic E-state index is 13.5. The Labute approximate surface area is 177 Å². The van der Waals surface area contributed by atoms with Crippen LogP contribution < -0.4 is 15.5 Å². The number of carboxylic acid groups (broad SMARTS) is 1. The fourth-order valence-electron chi connectivity index (χ4n) is 4.75. The summed E-state index contributed by atoms with van der Waals surface area (Å²) in [6, 6.07) is 3.65. The van der Waals surface area contributed by atoms with Crippen LogP contribution in [-0.2, 0) is 0 Å². The molecule has 2 unspecified atom stereocenters. The second-order valence-electron chi connectivity index (χ2n) is 8.80. The van der Waals surface area contributed by atoms with E-state index in [0.29, 0.717) is 37.7 Å². The molecule has 0 bridgehead atoms. The lowest BCUT2D eigenvalue weighted by molar-refractivity contribution is -0.0361. The van der Waals surface area contributed by atoms with Crippen LogP contribution in [0.5, 0.6) is 0 Å². The summed E-state index contributed by atoms with van der Waals surface area (Å²) in [7, 11) is 0. The number of aryl methyl sites for hydroxylation is 1. The van der Waals surface area contributed by atoms with Crippen LogP contribution in [0.25, 0.3) is 5.95 Å². The highest BCUT2D eigenvalue weighted by molar-refractivity contribution is 5.66. The molecule has 9 nitrogen and oxygen atoms in total. The molecule has 0 radical (unpaired) electrons. The van der Waals surface area contributed by atoms with Crippen LogP contribution in [0.2, 0.25) is 0 Å². The van der Waals surface area contributed by atoms with Crippen LogP contribution in [0.3, 0.4) is 0 Å². The third-order valence-electron chi connectivity index (χ3n) is 6.51. The number of rotatable bonds is 5. The summed E-state index contributed by atoms with van der Waals surface area (Å²) in [5.41, 5.74) is 0.836. The highest BCUT2D eigenvalue weighted by atomic mass is 19.3. The zero-order valence-corrected chi connectivity index (χ0v) is 17.1. The third kappa shape index (κ3) is 4.13. The van der Waals surface area contributed by atoms with Crippen LogP contribution in [0.1, 0.15) is 31.4 Å². The van der Waals surface area contributed by atoms with Crippen LogP contribution >= 0.6 is 0 Å². The number of halogens is 2. The number of hydrogen-bond acceptors (Lipinski definition) is 6. The Kier molecular flexibility index (Phi) is 4.71. The summed E-state index contributed by atoms with van der Waals surface area (Å²) in [5.74, 6) is -0.303. The topological polar surface area (TPSA) is 108 Å². The largest absolute Gasteiger partial charge is 0.465 e. The summed E-state index contributed by atoms with van der Waals surface area (Å²) in [5, 5.41) is 19.2. The van der Waals surface area contributed by atoms with Gasteiger partial charge in [-0.15, -0.1) is 0 Å². The quantitative estimate of drug-likeness (QED) is 0.665. The van der Waals surface area contributed by atoms with Crippen molar-refractivity contribution in [3.8, 4) is 5.95 Å².